The van der Waals surface area contributed by atoms with E-state index >= 15 is 0 Å². The number of unbranched alkanes of at least 4 members (excludes halogenated alkanes) is 12. The lowest BCUT2D eigenvalue weighted by molar-refractivity contribution is -0.132. The van der Waals surface area contributed by atoms with Crippen molar-refractivity contribution in [2.45, 2.75) is 110 Å². The van der Waals surface area contributed by atoms with Crippen LogP contribution in [-0.2, 0) is 11.2 Å². The largest absolute Gasteiger partial charge is 0.492 e. The molecule has 0 heterocycles. The lowest BCUT2D eigenvalue weighted by Crippen LogP contribution is -2.02. The van der Waals surface area contributed by atoms with E-state index in [1.807, 2.05) is 0 Å². The molecule has 1 aromatic rings. The van der Waals surface area contributed by atoms with Gasteiger partial charge in [-0.2, -0.15) is 0 Å². The van der Waals surface area contributed by atoms with Gasteiger partial charge in [-0.1, -0.05) is 100 Å². The van der Waals surface area contributed by atoms with E-state index < -0.39 is 5.97 Å². The molecule has 0 radical (unpaired) electrons. The third-order valence-corrected chi connectivity index (χ3v) is 6.85. The highest BCUT2D eigenvalue weighted by molar-refractivity contribution is 9.11. The molecule has 0 saturated heterocycles. The van der Waals surface area contributed by atoms with E-state index in [0.29, 0.717) is 18.6 Å². The lowest BCUT2D eigenvalue weighted by Gasteiger charge is -2.14. The Balaban J connectivity index is 2.27. The number of aliphatic carboxylic acids is 1. The summed E-state index contributed by atoms with van der Waals surface area (Å²) in [6, 6.07) is 4.24. The minimum Gasteiger partial charge on any atom is -0.492 e. The number of aryl methyl sites for hydroxylation is 1. The summed E-state index contributed by atoms with van der Waals surface area (Å²) < 4.78 is 8.24. The summed E-state index contributed by atoms with van der Waals surface area (Å²) in [5.41, 5.74) is 1.57. The van der Waals surface area contributed by atoms with Gasteiger partial charge < -0.3 is 9.84 Å². The molecule has 0 unspecified atom stereocenters. The Labute approximate surface area is 212 Å². The molecule has 0 aromatic heterocycles. The highest BCUT2D eigenvalue weighted by Crippen LogP contribution is 2.34. The molecule has 0 bridgehead atoms. The molecule has 0 aliphatic carbocycles. The van der Waals surface area contributed by atoms with E-state index in [1.54, 1.807) is 0 Å². The molecule has 0 aliphatic heterocycles. The van der Waals surface area contributed by atoms with E-state index in [4.69, 9.17) is 9.84 Å². The molecule has 1 N–H and O–H groups in total. The van der Waals surface area contributed by atoms with Gasteiger partial charge in [0.15, 0.2) is 0 Å². The zero-order valence-corrected chi connectivity index (χ0v) is 23.1. The van der Waals surface area contributed by atoms with Gasteiger partial charge in [0.2, 0.25) is 0 Å². The van der Waals surface area contributed by atoms with Gasteiger partial charge in [-0.3, -0.25) is 0 Å². The number of carbonyl (C=O) groups is 1. The van der Waals surface area contributed by atoms with Crippen LogP contribution in [0.2, 0.25) is 0 Å². The SMILES string of the molecule is C=C(CCCCCCOc1c(Br)cc(Br)cc1CCCCCCCCCCCC)C(=O)O. The predicted molar refractivity (Wildman–Crippen MR) is 143 cm³/mol. The fourth-order valence-electron chi connectivity index (χ4n) is 3.84. The van der Waals surface area contributed by atoms with Crippen LogP contribution >= 0.6 is 31.9 Å². The fraction of sp³-hybridized carbons (Fsp3) is 0.667. The summed E-state index contributed by atoms with van der Waals surface area (Å²) in [7, 11) is 0. The monoisotopic (exact) mass is 572 g/mol. The molecule has 1 rings (SSSR count). The molecule has 0 fully saturated rings. The first kappa shape index (κ1) is 29.2. The maximum atomic E-state index is 10.8. The van der Waals surface area contributed by atoms with Crippen molar-refractivity contribution in [1.29, 1.82) is 0 Å². The maximum Gasteiger partial charge on any atom is 0.330 e. The Morgan fingerprint density at radius 1 is 0.875 bits per heavy atom. The second-order valence-corrected chi connectivity index (χ2v) is 10.5. The summed E-state index contributed by atoms with van der Waals surface area (Å²) in [6.07, 6.45) is 18.9. The van der Waals surface area contributed by atoms with E-state index in [-0.39, 0.29) is 0 Å². The Hall–Kier alpha value is -0.810. The predicted octanol–water partition coefficient (Wildman–Crippen LogP) is 9.65. The summed E-state index contributed by atoms with van der Waals surface area (Å²) in [5.74, 6) is 0.0896. The van der Waals surface area contributed by atoms with Crippen molar-refractivity contribution in [3.63, 3.8) is 0 Å². The first-order valence-corrected chi connectivity index (χ1v) is 14.1. The van der Waals surface area contributed by atoms with E-state index in [1.165, 1.54) is 69.8 Å². The van der Waals surface area contributed by atoms with Crippen LogP contribution in [0.1, 0.15) is 109 Å². The minimum atomic E-state index is -0.886. The van der Waals surface area contributed by atoms with Gasteiger partial charge in [0.1, 0.15) is 5.75 Å². The summed E-state index contributed by atoms with van der Waals surface area (Å²) in [5, 5.41) is 8.84. The van der Waals surface area contributed by atoms with Crippen LogP contribution in [0.25, 0.3) is 0 Å². The van der Waals surface area contributed by atoms with Crippen molar-refractivity contribution in [1.82, 2.24) is 0 Å². The second-order valence-electron chi connectivity index (χ2n) is 8.73. The van der Waals surface area contributed by atoms with E-state index in [2.05, 4.69) is 57.5 Å². The molecule has 5 heteroatoms. The van der Waals surface area contributed by atoms with Gasteiger partial charge in [0.05, 0.1) is 11.1 Å². The molecule has 182 valence electrons. The topological polar surface area (TPSA) is 46.5 Å². The molecule has 3 nitrogen and oxygen atoms in total. The lowest BCUT2D eigenvalue weighted by atomic mass is 10.0. The molecule has 0 atom stereocenters. The maximum absolute atomic E-state index is 10.8. The molecule has 32 heavy (non-hydrogen) atoms. The standard InChI is InChI=1S/C27H42Br2O3/c1-3-4-5-6-7-8-9-10-11-15-18-23-20-24(28)21-25(29)26(23)32-19-16-13-12-14-17-22(2)27(30)31/h20-21H,2-19H2,1H3,(H,30,31). The molecule has 0 amide bonds. The van der Waals surface area contributed by atoms with E-state index in [9.17, 15) is 4.79 Å². The van der Waals surface area contributed by atoms with Crippen LogP contribution in [0.3, 0.4) is 0 Å². The number of hydrogen-bond acceptors (Lipinski definition) is 2. The van der Waals surface area contributed by atoms with Gasteiger partial charge in [-0.25, -0.2) is 4.79 Å². The average molecular weight is 574 g/mol. The number of hydrogen-bond donors (Lipinski definition) is 1. The van der Waals surface area contributed by atoms with Gasteiger partial charge in [-0.05, 0) is 65.7 Å². The molecular formula is C27H42Br2O3. The van der Waals surface area contributed by atoms with Crippen molar-refractivity contribution in [2.75, 3.05) is 6.61 Å². The Morgan fingerprint density at radius 3 is 2.06 bits per heavy atom. The molecule has 0 aliphatic rings. The number of benzene rings is 1. The van der Waals surface area contributed by atoms with Crippen LogP contribution in [0, 0.1) is 0 Å². The van der Waals surface area contributed by atoms with Crippen LogP contribution in [0.5, 0.6) is 5.75 Å². The van der Waals surface area contributed by atoms with Crippen LogP contribution < -0.4 is 4.74 Å². The van der Waals surface area contributed by atoms with Gasteiger partial charge >= 0.3 is 5.97 Å². The van der Waals surface area contributed by atoms with Crippen molar-refractivity contribution in [3.05, 3.63) is 38.8 Å². The molecule has 1 aromatic carbocycles. The molecule has 0 saturated carbocycles. The summed E-state index contributed by atoms with van der Waals surface area (Å²) in [4.78, 5) is 10.8. The number of halogens is 2. The summed E-state index contributed by atoms with van der Waals surface area (Å²) in [6.45, 7) is 6.53. The number of ether oxygens (including phenoxy) is 1. The quantitative estimate of drug-likeness (QED) is 0.125. The van der Waals surface area contributed by atoms with Crippen LogP contribution in [0.15, 0.2) is 33.2 Å². The van der Waals surface area contributed by atoms with Crippen molar-refractivity contribution in [2.24, 2.45) is 0 Å². The van der Waals surface area contributed by atoms with Gasteiger partial charge in [0, 0.05) is 10.0 Å². The number of carboxylic acids is 1. The van der Waals surface area contributed by atoms with Gasteiger partial charge in [0.25, 0.3) is 0 Å². The zero-order chi connectivity index (χ0) is 23.6. The first-order valence-electron chi connectivity index (χ1n) is 12.5. The van der Waals surface area contributed by atoms with Crippen molar-refractivity contribution in [3.8, 4) is 5.75 Å². The van der Waals surface area contributed by atoms with Crippen molar-refractivity contribution >= 4 is 37.8 Å². The van der Waals surface area contributed by atoms with Crippen LogP contribution in [-0.4, -0.2) is 17.7 Å². The number of rotatable bonds is 20. The normalized spacial score (nSPS) is 11.0. The first-order chi connectivity index (χ1) is 15.5. The van der Waals surface area contributed by atoms with Gasteiger partial charge in [-0.15, -0.1) is 0 Å². The van der Waals surface area contributed by atoms with Crippen LogP contribution in [0.4, 0.5) is 0 Å². The third-order valence-electron chi connectivity index (χ3n) is 5.81. The fourth-order valence-corrected chi connectivity index (χ4v) is 5.27. The average Bonchev–Trinajstić information content (AvgIpc) is 2.75. The zero-order valence-electron chi connectivity index (χ0n) is 19.9. The highest BCUT2D eigenvalue weighted by atomic mass is 79.9. The second kappa shape index (κ2) is 18.6. The number of carboxylic acid groups (broad SMARTS) is 1. The Bertz CT molecular complexity index is 673. The smallest absolute Gasteiger partial charge is 0.330 e. The van der Waals surface area contributed by atoms with E-state index in [0.717, 1.165) is 46.8 Å². The minimum absolute atomic E-state index is 0.302. The van der Waals surface area contributed by atoms with Crippen molar-refractivity contribution < 1.29 is 14.6 Å². The molecule has 0 spiro atoms. The third kappa shape index (κ3) is 13.7. The summed E-state index contributed by atoms with van der Waals surface area (Å²) >= 11 is 7.28. The molecular weight excluding hydrogens is 532 g/mol. The highest BCUT2D eigenvalue weighted by Gasteiger charge is 2.10. The Morgan fingerprint density at radius 2 is 1.44 bits per heavy atom. The Kier molecular flexibility index (Phi) is 17.0.